The van der Waals surface area contributed by atoms with E-state index in [1.807, 2.05) is 12.1 Å². The van der Waals surface area contributed by atoms with Gasteiger partial charge < -0.3 is 14.2 Å². The number of benzene rings is 1. The van der Waals surface area contributed by atoms with E-state index in [1.54, 1.807) is 14.2 Å². The van der Waals surface area contributed by atoms with Gasteiger partial charge in [0.25, 0.3) is 0 Å². The summed E-state index contributed by atoms with van der Waals surface area (Å²) in [7, 11) is 3.29. The minimum absolute atomic E-state index is 0.350. The molecule has 4 heteroatoms. The van der Waals surface area contributed by atoms with Crippen LogP contribution in [0.3, 0.4) is 0 Å². The lowest BCUT2D eigenvalue weighted by molar-refractivity contribution is 0.349. The third-order valence-corrected chi connectivity index (χ3v) is 4.01. The normalized spacial score (nSPS) is 23.0. The molecule has 1 aromatic carbocycles. The molecule has 3 atom stereocenters. The average Bonchev–Trinajstić information content (AvgIpc) is 3.16. The van der Waals surface area contributed by atoms with Crippen LogP contribution in [0, 0.1) is 0 Å². The molecule has 3 unspecified atom stereocenters. The first-order chi connectivity index (χ1) is 9.10. The molecule has 0 aromatic heterocycles. The number of ether oxygens (including phenoxy) is 3. The number of halogens is 1. The molecule has 1 aromatic rings. The quantitative estimate of drug-likeness (QED) is 0.739. The molecule has 0 amide bonds. The molecule has 3 nitrogen and oxygen atoms in total. The molecule has 19 heavy (non-hydrogen) atoms. The van der Waals surface area contributed by atoms with E-state index in [-0.39, 0.29) is 0 Å². The fourth-order valence-electron chi connectivity index (χ4n) is 2.49. The summed E-state index contributed by atoms with van der Waals surface area (Å²) in [5, 5.41) is 0.574. The molecule has 106 valence electrons. The van der Waals surface area contributed by atoms with Gasteiger partial charge in [0, 0.05) is 11.6 Å². The van der Waals surface area contributed by atoms with Gasteiger partial charge in [-0.05, 0) is 24.8 Å². The van der Waals surface area contributed by atoms with E-state index in [9.17, 15) is 0 Å². The summed E-state index contributed by atoms with van der Waals surface area (Å²) in [6.45, 7) is 4.33. The Morgan fingerprint density at radius 2 is 1.89 bits per heavy atom. The SMILES string of the molecule is CCC1OC1CC(C)c1cc(OC)c(Cl)cc1OC. The summed E-state index contributed by atoms with van der Waals surface area (Å²) >= 11 is 6.12. The molecule has 0 spiro atoms. The first-order valence-corrected chi connectivity index (χ1v) is 7.05. The molecule has 1 aliphatic heterocycles. The van der Waals surface area contributed by atoms with Crippen LogP contribution in [0.2, 0.25) is 5.02 Å². The minimum Gasteiger partial charge on any atom is -0.496 e. The molecule has 1 saturated heterocycles. The Hall–Kier alpha value is -0.930. The van der Waals surface area contributed by atoms with E-state index in [2.05, 4.69) is 13.8 Å². The molecule has 1 heterocycles. The monoisotopic (exact) mass is 284 g/mol. The fraction of sp³-hybridized carbons (Fsp3) is 0.600. The van der Waals surface area contributed by atoms with Gasteiger partial charge in [-0.25, -0.2) is 0 Å². The van der Waals surface area contributed by atoms with Gasteiger partial charge in [0.15, 0.2) is 0 Å². The van der Waals surface area contributed by atoms with Gasteiger partial charge in [0.05, 0.1) is 31.5 Å². The van der Waals surface area contributed by atoms with Crippen LogP contribution >= 0.6 is 11.6 Å². The first-order valence-electron chi connectivity index (χ1n) is 6.67. The van der Waals surface area contributed by atoms with Crippen molar-refractivity contribution in [1.82, 2.24) is 0 Å². The summed E-state index contributed by atoms with van der Waals surface area (Å²) in [6.07, 6.45) is 2.90. The predicted molar refractivity (Wildman–Crippen MR) is 76.5 cm³/mol. The molecule has 1 fully saturated rings. The highest BCUT2D eigenvalue weighted by Gasteiger charge is 2.38. The Kier molecular flexibility index (Phi) is 4.58. The average molecular weight is 285 g/mol. The van der Waals surface area contributed by atoms with Crippen molar-refractivity contribution < 1.29 is 14.2 Å². The standard InChI is InChI=1S/C15H21ClO3/c1-5-12-15(19-12)6-9(2)10-7-14(18-4)11(16)8-13(10)17-3/h7-9,12,15H,5-6H2,1-4H3. The van der Waals surface area contributed by atoms with Gasteiger partial charge in [0.1, 0.15) is 11.5 Å². The van der Waals surface area contributed by atoms with Crippen LogP contribution < -0.4 is 9.47 Å². The number of hydrogen-bond donors (Lipinski definition) is 0. The second-order valence-electron chi connectivity index (χ2n) is 4.99. The zero-order chi connectivity index (χ0) is 14.0. The molecule has 0 bridgehead atoms. The topological polar surface area (TPSA) is 31.0 Å². The van der Waals surface area contributed by atoms with E-state index in [0.717, 1.165) is 24.2 Å². The zero-order valence-electron chi connectivity index (χ0n) is 11.9. The van der Waals surface area contributed by atoms with Crippen LogP contribution in [0.1, 0.15) is 38.2 Å². The highest BCUT2D eigenvalue weighted by molar-refractivity contribution is 6.32. The van der Waals surface area contributed by atoms with E-state index >= 15 is 0 Å². The molecule has 2 rings (SSSR count). The highest BCUT2D eigenvalue weighted by atomic mass is 35.5. The molecular weight excluding hydrogens is 264 g/mol. The summed E-state index contributed by atoms with van der Waals surface area (Å²) in [5.74, 6) is 1.85. The Labute approximate surface area is 119 Å². The Bertz CT molecular complexity index is 447. The van der Waals surface area contributed by atoms with Crippen LogP contribution in [0.15, 0.2) is 12.1 Å². The fourth-order valence-corrected chi connectivity index (χ4v) is 2.72. The molecule has 0 radical (unpaired) electrons. The van der Waals surface area contributed by atoms with Crippen molar-refractivity contribution in [2.75, 3.05) is 14.2 Å². The lowest BCUT2D eigenvalue weighted by Gasteiger charge is -2.17. The molecule has 0 N–H and O–H groups in total. The zero-order valence-corrected chi connectivity index (χ0v) is 12.7. The van der Waals surface area contributed by atoms with Crippen LogP contribution in [0.5, 0.6) is 11.5 Å². The van der Waals surface area contributed by atoms with Crippen molar-refractivity contribution in [2.24, 2.45) is 0 Å². The lowest BCUT2D eigenvalue weighted by Crippen LogP contribution is -2.04. The predicted octanol–water partition coefficient (Wildman–Crippen LogP) is 4.03. The van der Waals surface area contributed by atoms with Crippen LogP contribution in [0.4, 0.5) is 0 Å². The minimum atomic E-state index is 0.350. The molecule has 0 aliphatic carbocycles. The van der Waals surface area contributed by atoms with Gasteiger partial charge in [-0.1, -0.05) is 25.4 Å². The van der Waals surface area contributed by atoms with Crippen molar-refractivity contribution in [3.63, 3.8) is 0 Å². The van der Waals surface area contributed by atoms with E-state index in [0.29, 0.717) is 28.9 Å². The number of hydrogen-bond acceptors (Lipinski definition) is 3. The van der Waals surface area contributed by atoms with Crippen molar-refractivity contribution in [1.29, 1.82) is 0 Å². The largest absolute Gasteiger partial charge is 0.496 e. The van der Waals surface area contributed by atoms with Gasteiger partial charge in [0.2, 0.25) is 0 Å². The smallest absolute Gasteiger partial charge is 0.138 e. The third-order valence-electron chi connectivity index (χ3n) is 3.71. The molecular formula is C15H21ClO3. The lowest BCUT2D eigenvalue weighted by atomic mass is 9.94. The van der Waals surface area contributed by atoms with Crippen molar-refractivity contribution >= 4 is 11.6 Å². The first kappa shape index (κ1) is 14.5. The van der Waals surface area contributed by atoms with E-state index in [1.165, 1.54) is 0 Å². The number of epoxide rings is 1. The maximum absolute atomic E-state index is 6.12. The Morgan fingerprint density at radius 1 is 1.21 bits per heavy atom. The van der Waals surface area contributed by atoms with Crippen molar-refractivity contribution in [2.45, 2.75) is 44.8 Å². The second kappa shape index (κ2) is 6.02. The molecule has 1 aliphatic rings. The van der Waals surface area contributed by atoms with Gasteiger partial charge in [-0.2, -0.15) is 0 Å². The van der Waals surface area contributed by atoms with Gasteiger partial charge in [-0.3, -0.25) is 0 Å². The Morgan fingerprint density at radius 3 is 2.42 bits per heavy atom. The van der Waals surface area contributed by atoms with Crippen LogP contribution in [0.25, 0.3) is 0 Å². The maximum atomic E-state index is 6.12. The molecule has 0 saturated carbocycles. The Balaban J connectivity index is 2.17. The third kappa shape index (κ3) is 3.15. The summed E-state index contributed by atoms with van der Waals surface area (Å²) in [4.78, 5) is 0. The summed E-state index contributed by atoms with van der Waals surface area (Å²) < 4.78 is 16.3. The van der Waals surface area contributed by atoms with Crippen LogP contribution in [-0.4, -0.2) is 26.4 Å². The van der Waals surface area contributed by atoms with Gasteiger partial charge >= 0.3 is 0 Å². The highest BCUT2D eigenvalue weighted by Crippen LogP contribution is 2.40. The number of methoxy groups -OCH3 is 2. The van der Waals surface area contributed by atoms with Crippen molar-refractivity contribution in [3.05, 3.63) is 22.7 Å². The van der Waals surface area contributed by atoms with Gasteiger partial charge in [-0.15, -0.1) is 0 Å². The summed E-state index contributed by atoms with van der Waals surface area (Å²) in [5.41, 5.74) is 1.12. The van der Waals surface area contributed by atoms with E-state index < -0.39 is 0 Å². The second-order valence-corrected chi connectivity index (χ2v) is 5.39. The maximum Gasteiger partial charge on any atom is 0.138 e. The van der Waals surface area contributed by atoms with Crippen molar-refractivity contribution in [3.8, 4) is 11.5 Å². The number of rotatable bonds is 6. The summed E-state index contributed by atoms with van der Waals surface area (Å²) in [6, 6.07) is 3.78. The van der Waals surface area contributed by atoms with E-state index in [4.69, 9.17) is 25.8 Å². The van der Waals surface area contributed by atoms with Crippen LogP contribution in [-0.2, 0) is 4.74 Å².